The van der Waals surface area contributed by atoms with Crippen molar-refractivity contribution in [2.75, 3.05) is 0 Å². The number of aromatic nitrogens is 1. The number of hydrogen-bond donors (Lipinski definition) is 3. The first-order valence-electron chi connectivity index (χ1n) is 6.12. The van der Waals surface area contributed by atoms with Crippen LogP contribution in [0.2, 0.25) is 0 Å². The van der Waals surface area contributed by atoms with Crippen LogP contribution in [-0.4, -0.2) is 38.9 Å². The number of carboxylic acid groups (broad SMARTS) is 1. The smallest absolute Gasteiger partial charge is 0.408 e. The molecule has 0 aliphatic rings. The minimum Gasteiger partial charge on any atom is -0.480 e. The Hall–Kier alpha value is -2.22. The van der Waals surface area contributed by atoms with E-state index in [9.17, 15) is 19.1 Å². The zero-order chi connectivity index (χ0) is 16.2. The van der Waals surface area contributed by atoms with Gasteiger partial charge < -0.3 is 20.3 Å². The number of nitrogens with zero attached hydrogens (tertiary/aromatic N) is 1. The van der Waals surface area contributed by atoms with E-state index in [4.69, 9.17) is 9.84 Å². The Morgan fingerprint density at radius 2 is 2.00 bits per heavy atom. The number of alkyl carbamates (subject to hydrolysis) is 1. The first-order valence-corrected chi connectivity index (χ1v) is 6.12. The number of rotatable bonds is 4. The van der Waals surface area contributed by atoms with Crippen LogP contribution in [-0.2, 0) is 9.53 Å². The molecular formula is C13H17FN2O5. The third kappa shape index (κ3) is 5.35. The van der Waals surface area contributed by atoms with Crippen LogP contribution in [0.3, 0.4) is 0 Å². The topological polar surface area (TPSA) is 109 Å². The normalized spacial score (nSPS) is 14.1. The van der Waals surface area contributed by atoms with Crippen molar-refractivity contribution in [2.45, 2.75) is 38.5 Å². The van der Waals surface area contributed by atoms with Gasteiger partial charge in [-0.15, -0.1) is 0 Å². The van der Waals surface area contributed by atoms with E-state index in [1.807, 2.05) is 0 Å². The fraction of sp³-hybridized carbons (Fsp3) is 0.462. The first-order chi connectivity index (χ1) is 9.60. The zero-order valence-corrected chi connectivity index (χ0v) is 11.8. The van der Waals surface area contributed by atoms with Crippen molar-refractivity contribution in [3.05, 3.63) is 29.8 Å². The van der Waals surface area contributed by atoms with E-state index in [2.05, 4.69) is 10.3 Å². The second-order valence-corrected chi connectivity index (χ2v) is 5.32. The summed E-state index contributed by atoms with van der Waals surface area (Å²) in [5, 5.41) is 21.1. The Balaban J connectivity index is 2.84. The Labute approximate surface area is 120 Å². The number of amides is 1. The van der Waals surface area contributed by atoms with E-state index < -0.39 is 35.8 Å². The summed E-state index contributed by atoms with van der Waals surface area (Å²) in [7, 11) is 0. The number of carboxylic acids is 1. The number of pyridine rings is 1. The van der Waals surface area contributed by atoms with Crippen LogP contribution in [0.4, 0.5) is 9.18 Å². The fourth-order valence-corrected chi connectivity index (χ4v) is 1.46. The summed E-state index contributed by atoms with van der Waals surface area (Å²) >= 11 is 0. The van der Waals surface area contributed by atoms with Crippen LogP contribution in [0.1, 0.15) is 32.4 Å². The molecule has 0 bridgehead atoms. The number of carbonyl (C=O) groups is 2. The molecule has 0 fully saturated rings. The Morgan fingerprint density at radius 3 is 2.43 bits per heavy atom. The number of halogens is 1. The number of nitrogens with one attached hydrogen (secondary N) is 1. The van der Waals surface area contributed by atoms with Gasteiger partial charge in [0.25, 0.3) is 0 Å². The molecule has 0 aliphatic carbocycles. The minimum atomic E-state index is -1.65. The van der Waals surface area contributed by atoms with Gasteiger partial charge in [0.05, 0.1) is 0 Å². The predicted molar refractivity (Wildman–Crippen MR) is 69.9 cm³/mol. The van der Waals surface area contributed by atoms with Crippen LogP contribution < -0.4 is 5.32 Å². The van der Waals surface area contributed by atoms with Gasteiger partial charge in [0.2, 0.25) is 5.95 Å². The SMILES string of the molecule is CC(C)(C)OC(=O)N[C@@H](C(=O)O)[C@@H](O)c1ccc(F)nc1. The molecule has 0 unspecified atom stereocenters. The van der Waals surface area contributed by atoms with Gasteiger partial charge in [0, 0.05) is 11.8 Å². The highest BCUT2D eigenvalue weighted by molar-refractivity contribution is 5.80. The summed E-state index contributed by atoms with van der Waals surface area (Å²) < 4.78 is 17.6. The van der Waals surface area contributed by atoms with Crippen LogP contribution in [0.15, 0.2) is 18.3 Å². The Morgan fingerprint density at radius 1 is 1.38 bits per heavy atom. The van der Waals surface area contributed by atoms with Crippen LogP contribution >= 0.6 is 0 Å². The van der Waals surface area contributed by atoms with Gasteiger partial charge in [-0.05, 0) is 26.8 Å². The van der Waals surface area contributed by atoms with Gasteiger partial charge in [0.15, 0.2) is 6.04 Å². The van der Waals surface area contributed by atoms with Crippen molar-refractivity contribution in [2.24, 2.45) is 0 Å². The molecule has 1 rings (SSSR count). The summed E-state index contributed by atoms with van der Waals surface area (Å²) in [4.78, 5) is 26.1. The molecule has 0 saturated carbocycles. The molecule has 1 aromatic heterocycles. The number of aliphatic hydroxyl groups excluding tert-OH is 1. The minimum absolute atomic E-state index is 0.0554. The average Bonchev–Trinajstić information content (AvgIpc) is 2.33. The maximum absolute atomic E-state index is 12.7. The van der Waals surface area contributed by atoms with E-state index in [1.54, 1.807) is 20.8 Å². The standard InChI is InChI=1S/C13H17FN2O5/c1-13(2,3)21-12(20)16-9(11(18)19)10(17)7-4-5-8(14)15-6-7/h4-6,9-10,17H,1-3H3,(H,16,20)(H,18,19)/t9-,10+/m1/s1. The Bertz CT molecular complexity index is 512. The molecule has 0 aromatic carbocycles. The summed E-state index contributed by atoms with van der Waals surface area (Å²) in [6.45, 7) is 4.84. The highest BCUT2D eigenvalue weighted by Gasteiger charge is 2.31. The van der Waals surface area contributed by atoms with E-state index in [1.165, 1.54) is 6.07 Å². The van der Waals surface area contributed by atoms with Crippen molar-refractivity contribution in [3.63, 3.8) is 0 Å². The number of hydrogen-bond acceptors (Lipinski definition) is 5. The summed E-state index contributed by atoms with van der Waals surface area (Å²) in [5.41, 5.74) is -0.755. The molecule has 1 aromatic rings. The van der Waals surface area contributed by atoms with Crippen molar-refractivity contribution in [3.8, 4) is 0 Å². The summed E-state index contributed by atoms with van der Waals surface area (Å²) in [6.07, 6.45) is -1.58. The van der Waals surface area contributed by atoms with E-state index in [0.29, 0.717) is 0 Å². The van der Waals surface area contributed by atoms with E-state index in [0.717, 1.165) is 12.3 Å². The van der Waals surface area contributed by atoms with Gasteiger partial charge in [-0.25, -0.2) is 14.6 Å². The summed E-state index contributed by atoms with van der Waals surface area (Å²) in [6, 6.07) is 0.511. The molecule has 0 saturated heterocycles. The van der Waals surface area contributed by atoms with Crippen LogP contribution in [0, 0.1) is 5.95 Å². The fourth-order valence-electron chi connectivity index (χ4n) is 1.46. The quantitative estimate of drug-likeness (QED) is 0.722. The second-order valence-electron chi connectivity index (χ2n) is 5.32. The monoisotopic (exact) mass is 300 g/mol. The molecule has 3 N–H and O–H groups in total. The lowest BCUT2D eigenvalue weighted by Crippen LogP contribution is -2.46. The molecule has 0 radical (unpaired) electrons. The Kier molecular flexibility index (Phi) is 5.20. The number of ether oxygens (including phenoxy) is 1. The molecule has 1 heterocycles. The van der Waals surface area contributed by atoms with Crippen molar-refractivity contribution < 1.29 is 28.9 Å². The number of aliphatic carboxylic acids is 1. The van der Waals surface area contributed by atoms with Crippen LogP contribution in [0.5, 0.6) is 0 Å². The highest BCUT2D eigenvalue weighted by Crippen LogP contribution is 2.17. The molecule has 116 valence electrons. The number of aliphatic hydroxyl groups is 1. The average molecular weight is 300 g/mol. The maximum Gasteiger partial charge on any atom is 0.408 e. The van der Waals surface area contributed by atoms with Crippen molar-refractivity contribution in [1.29, 1.82) is 0 Å². The lowest BCUT2D eigenvalue weighted by Gasteiger charge is -2.24. The zero-order valence-electron chi connectivity index (χ0n) is 11.8. The number of carbonyl (C=O) groups excluding carboxylic acids is 1. The first kappa shape index (κ1) is 16.8. The van der Waals surface area contributed by atoms with Crippen molar-refractivity contribution in [1.82, 2.24) is 10.3 Å². The molecule has 0 spiro atoms. The maximum atomic E-state index is 12.7. The van der Waals surface area contributed by atoms with Gasteiger partial charge in [0.1, 0.15) is 11.7 Å². The third-order valence-electron chi connectivity index (χ3n) is 2.35. The molecular weight excluding hydrogens is 283 g/mol. The second kappa shape index (κ2) is 6.49. The third-order valence-corrected chi connectivity index (χ3v) is 2.35. The lowest BCUT2D eigenvalue weighted by atomic mass is 10.0. The van der Waals surface area contributed by atoms with Gasteiger partial charge in [-0.1, -0.05) is 6.07 Å². The van der Waals surface area contributed by atoms with E-state index in [-0.39, 0.29) is 5.56 Å². The molecule has 1 amide bonds. The predicted octanol–water partition coefficient (Wildman–Crippen LogP) is 1.23. The van der Waals surface area contributed by atoms with Gasteiger partial charge in [-0.2, -0.15) is 4.39 Å². The van der Waals surface area contributed by atoms with Gasteiger partial charge >= 0.3 is 12.1 Å². The molecule has 8 heteroatoms. The highest BCUT2D eigenvalue weighted by atomic mass is 19.1. The molecule has 0 aliphatic heterocycles. The van der Waals surface area contributed by atoms with Crippen molar-refractivity contribution >= 4 is 12.1 Å². The largest absolute Gasteiger partial charge is 0.480 e. The summed E-state index contributed by atoms with van der Waals surface area (Å²) in [5.74, 6) is -2.23. The lowest BCUT2D eigenvalue weighted by molar-refractivity contribution is -0.142. The van der Waals surface area contributed by atoms with Crippen LogP contribution in [0.25, 0.3) is 0 Å². The van der Waals surface area contributed by atoms with E-state index >= 15 is 0 Å². The molecule has 21 heavy (non-hydrogen) atoms. The molecule has 2 atom stereocenters. The molecule has 7 nitrogen and oxygen atoms in total. The van der Waals surface area contributed by atoms with Gasteiger partial charge in [-0.3, -0.25) is 0 Å².